The van der Waals surface area contributed by atoms with Gasteiger partial charge in [-0.1, -0.05) is 18.2 Å². The topological polar surface area (TPSA) is 71.5 Å². The molecule has 2 aromatic carbocycles. The van der Waals surface area contributed by atoms with Gasteiger partial charge in [-0.05, 0) is 61.9 Å². The molecule has 146 valence electrons. The Balaban J connectivity index is 1.82. The van der Waals surface area contributed by atoms with E-state index in [0.29, 0.717) is 11.3 Å². The number of aromatic nitrogens is 1. The lowest BCUT2D eigenvalue weighted by Gasteiger charge is -2.23. The van der Waals surface area contributed by atoms with Gasteiger partial charge in [-0.15, -0.1) is 0 Å². The van der Waals surface area contributed by atoms with Crippen LogP contribution in [0.3, 0.4) is 0 Å². The lowest BCUT2D eigenvalue weighted by atomic mass is 10.2. The monoisotopic (exact) mass is 397 g/mol. The fourth-order valence-electron chi connectivity index (χ4n) is 2.97. The first kappa shape index (κ1) is 19.7. The maximum atomic E-state index is 12.7. The van der Waals surface area contributed by atoms with Crippen molar-refractivity contribution in [2.45, 2.75) is 18.7 Å². The summed E-state index contributed by atoms with van der Waals surface area (Å²) >= 11 is 0. The number of methoxy groups -OCH3 is 1. The number of benzene rings is 2. The third-order valence-corrected chi connectivity index (χ3v) is 5.87. The summed E-state index contributed by atoms with van der Waals surface area (Å²) in [7, 11) is -2.20. The summed E-state index contributed by atoms with van der Waals surface area (Å²) in [6.07, 6.45) is 1.66. The van der Waals surface area contributed by atoms with Crippen molar-refractivity contribution in [2.75, 3.05) is 23.3 Å². The first-order valence-corrected chi connectivity index (χ1v) is 10.4. The minimum atomic E-state index is -3.74. The maximum absolute atomic E-state index is 12.7. The van der Waals surface area contributed by atoms with Gasteiger partial charge >= 0.3 is 0 Å². The van der Waals surface area contributed by atoms with Gasteiger partial charge in [-0.2, -0.15) is 0 Å². The van der Waals surface area contributed by atoms with Gasteiger partial charge in [0.1, 0.15) is 11.6 Å². The number of pyridine rings is 1. The quantitative estimate of drug-likeness (QED) is 0.641. The maximum Gasteiger partial charge on any atom is 0.263 e. The molecule has 3 rings (SSSR count). The number of sulfonamides is 1. The molecule has 6 nitrogen and oxygen atoms in total. The van der Waals surface area contributed by atoms with E-state index < -0.39 is 10.0 Å². The van der Waals surface area contributed by atoms with E-state index in [1.54, 1.807) is 38.4 Å². The summed E-state index contributed by atoms with van der Waals surface area (Å²) in [5.74, 6) is 0.877. The number of hydrogen-bond acceptors (Lipinski definition) is 5. The normalized spacial score (nSPS) is 11.1. The van der Waals surface area contributed by atoms with E-state index >= 15 is 0 Å². The minimum Gasteiger partial charge on any atom is -0.497 e. The summed E-state index contributed by atoms with van der Waals surface area (Å²) in [6, 6.07) is 18.3. The Kier molecular flexibility index (Phi) is 5.84. The fourth-order valence-corrected chi connectivity index (χ4v) is 4.21. The predicted molar refractivity (Wildman–Crippen MR) is 112 cm³/mol. The molecule has 0 saturated carbocycles. The van der Waals surface area contributed by atoms with E-state index in [-0.39, 0.29) is 10.7 Å². The molecule has 0 aliphatic rings. The van der Waals surface area contributed by atoms with Gasteiger partial charge < -0.3 is 9.64 Å². The Hall–Kier alpha value is -3.06. The van der Waals surface area contributed by atoms with E-state index in [9.17, 15) is 8.42 Å². The highest BCUT2D eigenvalue weighted by Gasteiger charge is 2.18. The highest BCUT2D eigenvalue weighted by Crippen LogP contribution is 2.26. The van der Waals surface area contributed by atoms with Crippen LogP contribution >= 0.6 is 0 Å². The van der Waals surface area contributed by atoms with Gasteiger partial charge in [-0.25, -0.2) is 13.4 Å². The summed E-state index contributed by atoms with van der Waals surface area (Å²) in [5.41, 5.74) is 2.54. The standard InChI is InChI=1S/C21H23N3O3S/c1-4-24(17-8-6-5-7-9-17)18-10-13-21(22-15-18)23-28(25,26)20-12-11-19(27-3)14-16(20)2/h5-15H,4H2,1-3H3,(H,22,23). The molecule has 3 aromatic rings. The summed E-state index contributed by atoms with van der Waals surface area (Å²) in [4.78, 5) is 6.58. The first-order valence-electron chi connectivity index (χ1n) is 8.90. The second-order valence-electron chi connectivity index (χ2n) is 6.22. The number of aryl methyl sites for hydroxylation is 1. The summed E-state index contributed by atoms with van der Waals surface area (Å²) in [6.45, 7) is 4.55. The Morgan fingerprint density at radius 2 is 1.79 bits per heavy atom. The van der Waals surface area contributed by atoms with Crippen molar-refractivity contribution in [1.82, 2.24) is 4.98 Å². The van der Waals surface area contributed by atoms with Crippen LogP contribution in [0.4, 0.5) is 17.2 Å². The molecule has 0 unspecified atom stereocenters. The molecule has 0 saturated heterocycles. The average molecular weight is 398 g/mol. The highest BCUT2D eigenvalue weighted by atomic mass is 32.2. The van der Waals surface area contributed by atoms with Crippen LogP contribution in [0, 0.1) is 6.92 Å². The van der Waals surface area contributed by atoms with Crippen molar-refractivity contribution in [2.24, 2.45) is 0 Å². The smallest absolute Gasteiger partial charge is 0.263 e. The predicted octanol–water partition coefficient (Wildman–Crippen LogP) is 4.36. The van der Waals surface area contributed by atoms with Crippen molar-refractivity contribution in [3.63, 3.8) is 0 Å². The van der Waals surface area contributed by atoms with Crippen LogP contribution in [0.25, 0.3) is 0 Å². The molecular weight excluding hydrogens is 374 g/mol. The van der Waals surface area contributed by atoms with Crippen molar-refractivity contribution in [3.05, 3.63) is 72.4 Å². The van der Waals surface area contributed by atoms with Gasteiger partial charge in [0.2, 0.25) is 0 Å². The Morgan fingerprint density at radius 1 is 1.04 bits per heavy atom. The van der Waals surface area contributed by atoms with Gasteiger partial charge in [-0.3, -0.25) is 4.72 Å². The van der Waals surface area contributed by atoms with E-state index in [4.69, 9.17) is 4.74 Å². The zero-order valence-electron chi connectivity index (χ0n) is 16.1. The number of ether oxygens (including phenoxy) is 1. The molecular formula is C21H23N3O3S. The largest absolute Gasteiger partial charge is 0.497 e. The third-order valence-electron chi connectivity index (χ3n) is 4.35. The van der Waals surface area contributed by atoms with Crippen LogP contribution in [0.1, 0.15) is 12.5 Å². The number of nitrogens with zero attached hydrogens (tertiary/aromatic N) is 2. The molecule has 28 heavy (non-hydrogen) atoms. The molecule has 0 radical (unpaired) electrons. The van der Waals surface area contributed by atoms with Gasteiger partial charge in [0.25, 0.3) is 10.0 Å². The molecule has 0 spiro atoms. The molecule has 1 N–H and O–H groups in total. The van der Waals surface area contributed by atoms with Gasteiger partial charge in [0, 0.05) is 12.2 Å². The van der Waals surface area contributed by atoms with Gasteiger partial charge in [0.15, 0.2) is 0 Å². The Labute approximate surface area is 165 Å². The van der Waals surface area contributed by atoms with Crippen molar-refractivity contribution in [1.29, 1.82) is 0 Å². The van der Waals surface area contributed by atoms with Crippen molar-refractivity contribution < 1.29 is 13.2 Å². The van der Waals surface area contributed by atoms with Crippen LogP contribution < -0.4 is 14.4 Å². The van der Waals surface area contributed by atoms with E-state index in [1.165, 1.54) is 6.07 Å². The Morgan fingerprint density at radius 3 is 2.36 bits per heavy atom. The van der Waals surface area contributed by atoms with Crippen LogP contribution in [0.5, 0.6) is 5.75 Å². The number of anilines is 3. The van der Waals surface area contributed by atoms with Crippen LogP contribution in [-0.2, 0) is 10.0 Å². The Bertz CT molecular complexity index is 1040. The van der Waals surface area contributed by atoms with Crippen molar-refractivity contribution in [3.8, 4) is 5.75 Å². The van der Waals surface area contributed by atoms with Gasteiger partial charge in [0.05, 0.1) is 23.9 Å². The zero-order chi connectivity index (χ0) is 20.1. The van der Waals surface area contributed by atoms with Crippen LogP contribution in [0.15, 0.2) is 71.8 Å². The van der Waals surface area contributed by atoms with Crippen molar-refractivity contribution >= 4 is 27.2 Å². The molecule has 1 aromatic heterocycles. The van der Waals surface area contributed by atoms with Crippen LogP contribution in [0.2, 0.25) is 0 Å². The lowest BCUT2D eigenvalue weighted by Crippen LogP contribution is -2.17. The molecule has 0 fully saturated rings. The number of rotatable bonds is 7. The van der Waals surface area contributed by atoms with E-state index in [1.807, 2.05) is 36.4 Å². The minimum absolute atomic E-state index is 0.193. The summed E-state index contributed by atoms with van der Waals surface area (Å²) in [5, 5.41) is 0. The fraction of sp³-hybridized carbons (Fsp3) is 0.190. The number of hydrogen-bond donors (Lipinski definition) is 1. The second kappa shape index (κ2) is 8.31. The SMILES string of the molecule is CCN(c1ccccc1)c1ccc(NS(=O)(=O)c2ccc(OC)cc2C)nc1. The highest BCUT2D eigenvalue weighted by molar-refractivity contribution is 7.92. The van der Waals surface area contributed by atoms with Crippen LogP contribution in [-0.4, -0.2) is 27.1 Å². The lowest BCUT2D eigenvalue weighted by molar-refractivity contribution is 0.414. The molecule has 0 bridgehead atoms. The molecule has 0 amide bonds. The summed E-state index contributed by atoms with van der Waals surface area (Å²) < 4.78 is 33.1. The number of nitrogens with one attached hydrogen (secondary N) is 1. The molecule has 0 atom stereocenters. The molecule has 0 aliphatic carbocycles. The average Bonchev–Trinajstić information content (AvgIpc) is 2.70. The zero-order valence-corrected chi connectivity index (χ0v) is 16.9. The second-order valence-corrected chi connectivity index (χ2v) is 7.87. The first-order chi connectivity index (χ1) is 13.4. The third kappa shape index (κ3) is 4.26. The molecule has 7 heteroatoms. The van der Waals surface area contributed by atoms with E-state index in [2.05, 4.69) is 21.5 Å². The molecule has 0 aliphatic heterocycles. The van der Waals surface area contributed by atoms with E-state index in [0.717, 1.165) is 17.9 Å². The molecule has 1 heterocycles. The number of para-hydroxylation sites is 1.